The lowest BCUT2D eigenvalue weighted by molar-refractivity contribution is 0.0946. The van der Waals surface area contributed by atoms with Crippen LogP contribution in [0.25, 0.3) is 0 Å². The van der Waals surface area contributed by atoms with Crippen molar-refractivity contribution in [2.24, 2.45) is 5.41 Å². The van der Waals surface area contributed by atoms with E-state index in [0.717, 1.165) is 39.1 Å². The van der Waals surface area contributed by atoms with Crippen molar-refractivity contribution in [1.29, 1.82) is 0 Å². The van der Waals surface area contributed by atoms with Crippen molar-refractivity contribution in [3.8, 4) is 0 Å². The topological polar surface area (TPSA) is 39.7 Å². The van der Waals surface area contributed by atoms with Gasteiger partial charge in [0.05, 0.1) is 0 Å². The van der Waals surface area contributed by atoms with Crippen molar-refractivity contribution < 1.29 is 4.79 Å². The Morgan fingerprint density at radius 2 is 2.00 bits per heavy atom. The van der Waals surface area contributed by atoms with Crippen LogP contribution in [0.1, 0.15) is 24.8 Å². The van der Waals surface area contributed by atoms with E-state index in [0.29, 0.717) is 5.41 Å². The Morgan fingerprint density at radius 3 is 2.73 bits per heavy atom. The van der Waals surface area contributed by atoms with Crippen LogP contribution in [-0.2, 0) is 6.54 Å². The summed E-state index contributed by atoms with van der Waals surface area (Å²) in [5.74, 6) is 0. The summed E-state index contributed by atoms with van der Waals surface area (Å²) in [6.07, 6.45) is 7.30. The maximum absolute atomic E-state index is 12.2. The summed E-state index contributed by atoms with van der Waals surface area (Å²) in [5.41, 5.74) is 1.63. The van der Waals surface area contributed by atoms with Crippen molar-refractivity contribution in [2.75, 3.05) is 40.3 Å². The van der Waals surface area contributed by atoms with Gasteiger partial charge in [-0.05, 0) is 43.5 Å². The van der Waals surface area contributed by atoms with Crippen LogP contribution in [0.3, 0.4) is 0 Å². The van der Waals surface area contributed by atoms with E-state index in [9.17, 15) is 4.79 Å². The molecule has 2 amide bonds. The second kappa shape index (κ2) is 6.24. The van der Waals surface area contributed by atoms with Gasteiger partial charge in [-0.15, -0.1) is 0 Å². The maximum Gasteiger partial charge on any atom is 0.319 e. The van der Waals surface area contributed by atoms with Crippen LogP contribution in [0, 0.1) is 5.41 Å². The largest absolute Gasteiger partial charge is 0.331 e. The van der Waals surface area contributed by atoms with Gasteiger partial charge in [0, 0.05) is 58.1 Å². The SMILES string of the molecule is CN(C)C(=O)N1CCC[C@@]2(CCN(Cc3ccncc3)C2)C1. The Labute approximate surface area is 132 Å². The Bertz CT molecular complexity index is 519. The molecule has 1 atom stereocenters. The fourth-order valence-electron chi connectivity index (χ4n) is 3.90. The molecule has 5 nitrogen and oxygen atoms in total. The van der Waals surface area contributed by atoms with Gasteiger partial charge >= 0.3 is 6.03 Å². The standard InChI is InChI=1S/C17H26N4O/c1-19(2)16(22)21-10-3-6-17(14-21)7-11-20(13-17)12-15-4-8-18-9-5-15/h4-5,8-9H,3,6-7,10-14H2,1-2H3/t17-/m0/s1. The lowest BCUT2D eigenvalue weighted by atomic mass is 9.79. The van der Waals surface area contributed by atoms with E-state index < -0.39 is 0 Å². The van der Waals surface area contributed by atoms with E-state index in [2.05, 4.69) is 22.0 Å². The molecule has 0 unspecified atom stereocenters. The van der Waals surface area contributed by atoms with Gasteiger partial charge in [0.15, 0.2) is 0 Å². The molecule has 1 aromatic rings. The van der Waals surface area contributed by atoms with Gasteiger partial charge in [-0.1, -0.05) is 0 Å². The molecule has 0 bridgehead atoms. The lowest BCUT2D eigenvalue weighted by Crippen LogP contribution is -2.50. The van der Waals surface area contributed by atoms with Crippen LogP contribution in [0.15, 0.2) is 24.5 Å². The predicted octanol–water partition coefficient (Wildman–Crippen LogP) is 2.05. The normalized spacial score (nSPS) is 25.6. The smallest absolute Gasteiger partial charge is 0.319 e. The third-order valence-electron chi connectivity index (χ3n) is 4.99. The van der Waals surface area contributed by atoms with Crippen LogP contribution in [-0.4, -0.2) is 66.0 Å². The number of hydrogen-bond donors (Lipinski definition) is 0. The molecule has 22 heavy (non-hydrogen) atoms. The Morgan fingerprint density at radius 1 is 1.23 bits per heavy atom. The lowest BCUT2D eigenvalue weighted by Gasteiger charge is -2.41. The number of aromatic nitrogens is 1. The molecule has 2 aliphatic heterocycles. The maximum atomic E-state index is 12.2. The molecule has 2 fully saturated rings. The van der Waals surface area contributed by atoms with Gasteiger partial charge in [-0.3, -0.25) is 9.88 Å². The summed E-state index contributed by atoms with van der Waals surface area (Å²) >= 11 is 0. The minimum absolute atomic E-state index is 0.159. The highest BCUT2D eigenvalue weighted by molar-refractivity contribution is 5.74. The highest BCUT2D eigenvalue weighted by Gasteiger charge is 2.42. The second-order valence-electron chi connectivity index (χ2n) is 7.02. The Balaban J connectivity index is 1.62. The van der Waals surface area contributed by atoms with Crippen LogP contribution in [0.4, 0.5) is 4.79 Å². The van der Waals surface area contributed by atoms with Crippen molar-refractivity contribution in [2.45, 2.75) is 25.8 Å². The molecular weight excluding hydrogens is 276 g/mol. The van der Waals surface area contributed by atoms with Crippen molar-refractivity contribution in [1.82, 2.24) is 19.7 Å². The highest BCUT2D eigenvalue weighted by atomic mass is 16.2. The highest BCUT2D eigenvalue weighted by Crippen LogP contribution is 2.39. The number of nitrogens with zero attached hydrogens (tertiary/aromatic N) is 4. The zero-order valence-electron chi connectivity index (χ0n) is 13.7. The molecule has 0 N–H and O–H groups in total. The number of likely N-dealkylation sites (tertiary alicyclic amines) is 2. The average Bonchev–Trinajstić information content (AvgIpc) is 2.89. The first-order valence-corrected chi connectivity index (χ1v) is 8.16. The fourth-order valence-corrected chi connectivity index (χ4v) is 3.90. The number of pyridine rings is 1. The molecule has 1 aromatic heterocycles. The van der Waals surface area contributed by atoms with Gasteiger partial charge in [0.2, 0.25) is 0 Å². The van der Waals surface area contributed by atoms with Gasteiger partial charge in [-0.2, -0.15) is 0 Å². The van der Waals surface area contributed by atoms with Gasteiger partial charge < -0.3 is 9.80 Å². The van der Waals surface area contributed by atoms with Gasteiger partial charge in [0.1, 0.15) is 0 Å². The van der Waals surface area contributed by atoms with Gasteiger partial charge in [0.25, 0.3) is 0 Å². The minimum atomic E-state index is 0.159. The van der Waals surface area contributed by atoms with E-state index >= 15 is 0 Å². The number of amides is 2. The molecule has 0 aromatic carbocycles. The molecule has 2 saturated heterocycles. The predicted molar refractivity (Wildman–Crippen MR) is 86.5 cm³/mol. The molecule has 2 aliphatic rings. The van der Waals surface area contributed by atoms with E-state index in [4.69, 9.17) is 0 Å². The zero-order chi connectivity index (χ0) is 15.6. The van der Waals surface area contributed by atoms with E-state index in [1.807, 2.05) is 31.4 Å². The molecule has 0 saturated carbocycles. The molecule has 0 aliphatic carbocycles. The summed E-state index contributed by atoms with van der Waals surface area (Å²) in [6.45, 7) is 5.05. The van der Waals surface area contributed by atoms with E-state index in [1.54, 1.807) is 4.90 Å². The fraction of sp³-hybridized carbons (Fsp3) is 0.647. The third kappa shape index (κ3) is 3.24. The van der Waals surface area contributed by atoms with Gasteiger partial charge in [-0.25, -0.2) is 4.79 Å². The average molecular weight is 302 g/mol. The minimum Gasteiger partial charge on any atom is -0.331 e. The second-order valence-corrected chi connectivity index (χ2v) is 7.02. The Kier molecular flexibility index (Phi) is 4.34. The first-order valence-electron chi connectivity index (χ1n) is 8.16. The first kappa shape index (κ1) is 15.3. The summed E-state index contributed by atoms with van der Waals surface area (Å²) in [5, 5.41) is 0. The summed E-state index contributed by atoms with van der Waals surface area (Å²) in [7, 11) is 3.68. The monoisotopic (exact) mass is 302 g/mol. The molecule has 3 heterocycles. The molecular formula is C17H26N4O. The summed E-state index contributed by atoms with van der Waals surface area (Å²) < 4.78 is 0. The van der Waals surface area contributed by atoms with Crippen LogP contribution >= 0.6 is 0 Å². The van der Waals surface area contributed by atoms with E-state index in [1.165, 1.54) is 18.4 Å². The first-order chi connectivity index (χ1) is 10.6. The van der Waals surface area contributed by atoms with Crippen molar-refractivity contribution in [3.63, 3.8) is 0 Å². The number of carbonyl (C=O) groups excluding carboxylic acids is 1. The summed E-state index contributed by atoms with van der Waals surface area (Å²) in [4.78, 5) is 22.6. The van der Waals surface area contributed by atoms with Crippen molar-refractivity contribution in [3.05, 3.63) is 30.1 Å². The number of rotatable bonds is 2. The van der Waals surface area contributed by atoms with Crippen LogP contribution in [0.5, 0.6) is 0 Å². The molecule has 120 valence electrons. The quantitative estimate of drug-likeness (QED) is 0.839. The number of carbonyl (C=O) groups is 1. The molecule has 5 heteroatoms. The molecule has 0 radical (unpaired) electrons. The van der Waals surface area contributed by atoms with E-state index in [-0.39, 0.29) is 6.03 Å². The van der Waals surface area contributed by atoms with Crippen LogP contribution < -0.4 is 0 Å². The Hall–Kier alpha value is -1.62. The summed E-state index contributed by atoms with van der Waals surface area (Å²) in [6, 6.07) is 4.34. The zero-order valence-corrected chi connectivity index (χ0v) is 13.7. The third-order valence-corrected chi connectivity index (χ3v) is 4.99. The number of urea groups is 1. The van der Waals surface area contributed by atoms with Crippen LogP contribution in [0.2, 0.25) is 0 Å². The molecule has 1 spiro atoms. The number of hydrogen-bond acceptors (Lipinski definition) is 3. The molecule has 3 rings (SSSR count). The van der Waals surface area contributed by atoms with Crippen molar-refractivity contribution >= 4 is 6.03 Å². The number of piperidine rings is 1.